The fourth-order valence-corrected chi connectivity index (χ4v) is 4.27. The molecule has 2 aliphatic rings. The third-order valence-electron chi connectivity index (χ3n) is 5.58. The molecule has 21 heavy (non-hydrogen) atoms. The molecule has 1 atom stereocenters. The molecule has 1 unspecified atom stereocenters. The molecule has 2 heteroatoms. The van der Waals surface area contributed by atoms with Crippen molar-refractivity contribution in [2.45, 2.75) is 58.4 Å². The summed E-state index contributed by atoms with van der Waals surface area (Å²) in [5.41, 5.74) is 3.54. The van der Waals surface area contributed by atoms with Gasteiger partial charge in [-0.1, -0.05) is 38.0 Å². The first-order valence-electron chi connectivity index (χ1n) is 8.79. The normalized spacial score (nSPS) is 24.1. The average Bonchev–Trinajstić information content (AvgIpc) is 2.97. The quantitative estimate of drug-likeness (QED) is 0.880. The second-order valence-electron chi connectivity index (χ2n) is 7.13. The van der Waals surface area contributed by atoms with Crippen LogP contribution in [-0.2, 0) is 6.42 Å². The molecular weight excluding hydrogens is 256 g/mol. The first-order valence-corrected chi connectivity index (χ1v) is 8.79. The molecule has 1 fully saturated rings. The number of hydrogen-bond donors (Lipinski definition) is 1. The highest BCUT2D eigenvalue weighted by molar-refractivity contribution is 5.56. The molecule has 0 spiro atoms. The molecule has 1 aliphatic heterocycles. The van der Waals surface area contributed by atoms with Gasteiger partial charge in [0.1, 0.15) is 0 Å². The lowest BCUT2D eigenvalue weighted by Crippen LogP contribution is -2.47. The smallest absolute Gasteiger partial charge is 0.0401 e. The number of nitrogens with one attached hydrogen (secondary N) is 1. The number of fused-ring (bicyclic) bond motifs is 1. The molecule has 1 N–H and O–H groups in total. The minimum Gasteiger partial charge on any atom is -0.368 e. The van der Waals surface area contributed by atoms with E-state index in [1.807, 2.05) is 0 Å². The van der Waals surface area contributed by atoms with Crippen molar-refractivity contribution in [1.29, 1.82) is 0 Å². The summed E-state index contributed by atoms with van der Waals surface area (Å²) in [5, 5.41) is 3.63. The second kappa shape index (κ2) is 6.39. The fourth-order valence-electron chi connectivity index (χ4n) is 4.27. The Hall–Kier alpha value is -1.02. The predicted octanol–water partition coefficient (Wildman–Crippen LogP) is 4.00. The topological polar surface area (TPSA) is 15.3 Å². The highest BCUT2D eigenvalue weighted by atomic mass is 15.2. The van der Waals surface area contributed by atoms with Crippen molar-refractivity contribution in [1.82, 2.24) is 5.32 Å². The summed E-state index contributed by atoms with van der Waals surface area (Å²) in [6.45, 7) is 8.15. The molecule has 1 heterocycles. The lowest BCUT2D eigenvalue weighted by atomic mass is 9.83. The van der Waals surface area contributed by atoms with Crippen LogP contribution in [0.15, 0.2) is 24.3 Å². The van der Waals surface area contributed by atoms with Crippen LogP contribution < -0.4 is 10.2 Å². The van der Waals surface area contributed by atoms with Crippen LogP contribution in [0.5, 0.6) is 0 Å². The largest absolute Gasteiger partial charge is 0.368 e. The maximum absolute atomic E-state index is 3.63. The van der Waals surface area contributed by atoms with Crippen LogP contribution in [0, 0.1) is 5.41 Å². The standard InChI is InChI=1S/C19H30N2/c1-3-20-14-19(12-6-7-13-19)15-21-16(2)10-11-17-8-4-5-9-18(17)21/h4-5,8-9,16,20H,3,6-7,10-15H2,1-2H3. The Kier molecular flexibility index (Phi) is 4.54. The fraction of sp³-hybridized carbons (Fsp3) is 0.684. The van der Waals surface area contributed by atoms with E-state index in [9.17, 15) is 0 Å². The number of rotatable bonds is 5. The predicted molar refractivity (Wildman–Crippen MR) is 91.0 cm³/mol. The van der Waals surface area contributed by atoms with Gasteiger partial charge in [-0.15, -0.1) is 0 Å². The van der Waals surface area contributed by atoms with Crippen molar-refractivity contribution >= 4 is 5.69 Å². The molecule has 1 aromatic carbocycles. The van der Waals surface area contributed by atoms with E-state index in [-0.39, 0.29) is 0 Å². The maximum Gasteiger partial charge on any atom is 0.0401 e. The minimum absolute atomic E-state index is 0.495. The average molecular weight is 286 g/mol. The Bertz CT molecular complexity index is 462. The van der Waals surface area contributed by atoms with Gasteiger partial charge in [0, 0.05) is 30.2 Å². The number of para-hydroxylation sites is 1. The summed E-state index contributed by atoms with van der Waals surface area (Å²) in [7, 11) is 0. The molecular formula is C19H30N2. The van der Waals surface area contributed by atoms with Crippen molar-refractivity contribution in [2.24, 2.45) is 5.41 Å². The molecule has 0 radical (unpaired) electrons. The van der Waals surface area contributed by atoms with Crippen LogP contribution in [0.3, 0.4) is 0 Å². The first-order chi connectivity index (χ1) is 10.2. The van der Waals surface area contributed by atoms with E-state index in [1.165, 1.54) is 57.3 Å². The molecule has 3 rings (SSSR count). The Morgan fingerprint density at radius 1 is 1.24 bits per heavy atom. The number of anilines is 1. The molecule has 0 aromatic heterocycles. The van der Waals surface area contributed by atoms with E-state index in [1.54, 1.807) is 5.56 Å². The molecule has 0 saturated heterocycles. The summed E-state index contributed by atoms with van der Waals surface area (Å²) in [6, 6.07) is 9.73. The molecule has 2 nitrogen and oxygen atoms in total. The van der Waals surface area contributed by atoms with E-state index in [2.05, 4.69) is 48.3 Å². The first kappa shape index (κ1) is 14.9. The van der Waals surface area contributed by atoms with Gasteiger partial charge in [0.25, 0.3) is 0 Å². The molecule has 116 valence electrons. The van der Waals surface area contributed by atoms with Crippen LogP contribution in [-0.4, -0.2) is 25.7 Å². The molecule has 1 aromatic rings. The third-order valence-corrected chi connectivity index (χ3v) is 5.58. The number of aryl methyl sites for hydroxylation is 1. The van der Waals surface area contributed by atoms with Crippen molar-refractivity contribution in [3.63, 3.8) is 0 Å². The van der Waals surface area contributed by atoms with Crippen molar-refractivity contribution in [2.75, 3.05) is 24.5 Å². The molecule has 1 aliphatic carbocycles. The molecule has 0 bridgehead atoms. The van der Waals surface area contributed by atoms with Gasteiger partial charge in [0.15, 0.2) is 0 Å². The van der Waals surface area contributed by atoms with E-state index in [0.717, 1.165) is 6.54 Å². The lowest BCUT2D eigenvalue weighted by molar-refractivity contribution is 0.275. The number of nitrogens with zero attached hydrogens (tertiary/aromatic N) is 1. The summed E-state index contributed by atoms with van der Waals surface area (Å²) >= 11 is 0. The van der Waals surface area contributed by atoms with Gasteiger partial charge < -0.3 is 10.2 Å². The number of benzene rings is 1. The molecule has 0 amide bonds. The van der Waals surface area contributed by atoms with E-state index in [4.69, 9.17) is 0 Å². The summed E-state index contributed by atoms with van der Waals surface area (Å²) in [5.74, 6) is 0. The summed E-state index contributed by atoms with van der Waals surface area (Å²) in [4.78, 5) is 2.71. The van der Waals surface area contributed by atoms with Gasteiger partial charge >= 0.3 is 0 Å². The van der Waals surface area contributed by atoms with Crippen molar-refractivity contribution in [3.05, 3.63) is 29.8 Å². The summed E-state index contributed by atoms with van der Waals surface area (Å²) < 4.78 is 0. The van der Waals surface area contributed by atoms with Gasteiger partial charge in [-0.2, -0.15) is 0 Å². The SMILES string of the molecule is CCNCC1(CN2c3ccccc3CCC2C)CCCC1. The number of hydrogen-bond acceptors (Lipinski definition) is 2. The zero-order valence-corrected chi connectivity index (χ0v) is 13.7. The van der Waals surface area contributed by atoms with Crippen LogP contribution in [0.2, 0.25) is 0 Å². The monoisotopic (exact) mass is 286 g/mol. The Balaban J connectivity index is 1.82. The van der Waals surface area contributed by atoms with Gasteiger partial charge in [-0.3, -0.25) is 0 Å². The van der Waals surface area contributed by atoms with E-state index < -0.39 is 0 Å². The minimum atomic E-state index is 0.495. The highest BCUT2D eigenvalue weighted by Crippen LogP contribution is 2.41. The lowest BCUT2D eigenvalue weighted by Gasteiger charge is -2.43. The van der Waals surface area contributed by atoms with Gasteiger partial charge in [0.05, 0.1) is 0 Å². The van der Waals surface area contributed by atoms with Crippen LogP contribution in [0.25, 0.3) is 0 Å². The second-order valence-corrected chi connectivity index (χ2v) is 7.13. The van der Waals surface area contributed by atoms with Gasteiger partial charge in [0.2, 0.25) is 0 Å². The van der Waals surface area contributed by atoms with E-state index in [0.29, 0.717) is 11.5 Å². The molecule has 1 saturated carbocycles. The van der Waals surface area contributed by atoms with Crippen molar-refractivity contribution in [3.8, 4) is 0 Å². The summed E-state index contributed by atoms with van der Waals surface area (Å²) in [6.07, 6.45) is 8.16. The van der Waals surface area contributed by atoms with Crippen LogP contribution in [0.4, 0.5) is 5.69 Å². The van der Waals surface area contributed by atoms with E-state index >= 15 is 0 Å². The van der Waals surface area contributed by atoms with Crippen molar-refractivity contribution < 1.29 is 0 Å². The van der Waals surface area contributed by atoms with Crippen LogP contribution >= 0.6 is 0 Å². The maximum atomic E-state index is 3.63. The Labute approximate surface area is 129 Å². The highest BCUT2D eigenvalue weighted by Gasteiger charge is 2.37. The Morgan fingerprint density at radius 3 is 2.76 bits per heavy atom. The zero-order valence-electron chi connectivity index (χ0n) is 13.7. The third kappa shape index (κ3) is 3.11. The van der Waals surface area contributed by atoms with Crippen LogP contribution in [0.1, 0.15) is 51.5 Å². The van der Waals surface area contributed by atoms with Gasteiger partial charge in [-0.05, 0) is 50.8 Å². The Morgan fingerprint density at radius 2 is 2.00 bits per heavy atom. The van der Waals surface area contributed by atoms with Gasteiger partial charge in [-0.25, -0.2) is 0 Å². The zero-order chi connectivity index (χ0) is 14.7.